The van der Waals surface area contributed by atoms with E-state index in [-0.39, 0.29) is 12.3 Å². The van der Waals surface area contributed by atoms with Gasteiger partial charge in [0, 0.05) is 18.9 Å². The molecule has 2 N–H and O–H groups in total. The van der Waals surface area contributed by atoms with Crippen LogP contribution in [0, 0.1) is 11.8 Å². The highest BCUT2D eigenvalue weighted by atomic mass is 19.3. The predicted octanol–water partition coefficient (Wildman–Crippen LogP) is 1.79. The normalized spacial score (nSPS) is 37.9. The van der Waals surface area contributed by atoms with Crippen molar-refractivity contribution in [1.29, 1.82) is 0 Å². The first-order chi connectivity index (χ1) is 7.58. The lowest BCUT2D eigenvalue weighted by molar-refractivity contribution is -0.122. The van der Waals surface area contributed by atoms with Crippen LogP contribution in [0.4, 0.5) is 8.78 Å². The van der Waals surface area contributed by atoms with Crippen molar-refractivity contribution in [2.45, 2.75) is 44.1 Å². The Morgan fingerprint density at radius 2 is 2.12 bits per heavy atom. The Kier molecular flexibility index (Phi) is 2.13. The van der Waals surface area contributed by atoms with Crippen molar-refractivity contribution in [2.75, 3.05) is 6.54 Å². The van der Waals surface area contributed by atoms with Crippen LogP contribution in [0.5, 0.6) is 0 Å². The number of hydrogen-bond donors (Lipinski definition) is 1. The van der Waals surface area contributed by atoms with Gasteiger partial charge in [0.2, 0.25) is 0 Å². The maximum atomic E-state index is 13.8. The van der Waals surface area contributed by atoms with Crippen LogP contribution in [-0.2, 0) is 0 Å². The topological polar surface area (TPSA) is 41.6 Å². The lowest BCUT2D eigenvalue weighted by atomic mass is 9.86. The van der Waals surface area contributed by atoms with Crippen LogP contribution in [0.3, 0.4) is 0 Å². The molecule has 3 aliphatic rings. The number of hydrazone groups is 1. The van der Waals surface area contributed by atoms with E-state index in [2.05, 4.69) is 5.10 Å². The fraction of sp³-hybridized carbons (Fsp3) is 0.909. The van der Waals surface area contributed by atoms with Gasteiger partial charge in [-0.3, -0.25) is 5.01 Å². The molecule has 2 unspecified atom stereocenters. The molecule has 1 saturated heterocycles. The molecule has 1 aliphatic carbocycles. The third-order valence-corrected chi connectivity index (χ3v) is 4.04. The van der Waals surface area contributed by atoms with Crippen LogP contribution in [0.1, 0.15) is 32.1 Å². The van der Waals surface area contributed by atoms with E-state index < -0.39 is 12.0 Å². The van der Waals surface area contributed by atoms with Gasteiger partial charge in [-0.2, -0.15) is 5.10 Å². The van der Waals surface area contributed by atoms with E-state index in [9.17, 15) is 8.78 Å². The summed E-state index contributed by atoms with van der Waals surface area (Å²) in [5.74, 6) is -1.39. The Balaban J connectivity index is 1.85. The molecule has 1 saturated carbocycles. The molecule has 2 heterocycles. The minimum atomic E-state index is -2.59. The molecular weight excluding hydrogens is 212 g/mol. The summed E-state index contributed by atoms with van der Waals surface area (Å²) in [4.78, 5) is 0. The van der Waals surface area contributed by atoms with Gasteiger partial charge in [0.25, 0.3) is 5.92 Å². The van der Waals surface area contributed by atoms with Gasteiger partial charge in [-0.05, 0) is 31.6 Å². The third kappa shape index (κ3) is 1.57. The molecule has 0 spiro atoms. The molecule has 3 nitrogen and oxygen atoms in total. The summed E-state index contributed by atoms with van der Waals surface area (Å²) in [7, 11) is 0. The molecule has 0 amide bonds. The maximum absolute atomic E-state index is 13.8. The van der Waals surface area contributed by atoms with Gasteiger partial charge in [0.15, 0.2) is 0 Å². The number of halogens is 2. The molecule has 2 fully saturated rings. The first-order valence-electron chi connectivity index (χ1n) is 6.06. The van der Waals surface area contributed by atoms with Gasteiger partial charge < -0.3 is 5.73 Å². The van der Waals surface area contributed by atoms with Crippen molar-refractivity contribution in [3.05, 3.63) is 0 Å². The van der Waals surface area contributed by atoms with E-state index in [0.29, 0.717) is 31.1 Å². The van der Waals surface area contributed by atoms with Crippen LogP contribution in [-0.4, -0.2) is 29.4 Å². The van der Waals surface area contributed by atoms with Crippen molar-refractivity contribution >= 4 is 5.84 Å². The molecule has 5 heteroatoms. The monoisotopic (exact) mass is 229 g/mol. The molecule has 3 rings (SSSR count). The third-order valence-electron chi connectivity index (χ3n) is 4.04. The number of fused-ring (bicyclic) bond motifs is 1. The van der Waals surface area contributed by atoms with E-state index >= 15 is 0 Å². The maximum Gasteiger partial charge on any atom is 0.269 e. The summed E-state index contributed by atoms with van der Waals surface area (Å²) in [6.45, 7) is 0.623. The number of alkyl halides is 2. The van der Waals surface area contributed by atoms with Crippen molar-refractivity contribution in [3.8, 4) is 0 Å². The Bertz CT molecular complexity index is 325. The number of hydrogen-bond acceptors (Lipinski definition) is 3. The van der Waals surface area contributed by atoms with Crippen molar-refractivity contribution < 1.29 is 8.78 Å². The van der Waals surface area contributed by atoms with E-state index in [0.717, 1.165) is 12.8 Å². The van der Waals surface area contributed by atoms with Crippen molar-refractivity contribution in [3.63, 3.8) is 0 Å². The highest BCUT2D eigenvalue weighted by Crippen LogP contribution is 2.45. The summed E-state index contributed by atoms with van der Waals surface area (Å²) in [6.07, 6.45) is 3.25. The summed E-state index contributed by atoms with van der Waals surface area (Å²) in [5, 5.41) is 5.72. The van der Waals surface area contributed by atoms with Crippen molar-refractivity contribution in [1.82, 2.24) is 5.01 Å². The summed E-state index contributed by atoms with van der Waals surface area (Å²) < 4.78 is 27.5. The minimum Gasteiger partial charge on any atom is -0.385 e. The smallest absolute Gasteiger partial charge is 0.269 e. The minimum absolute atomic E-state index is 0.000970. The lowest BCUT2D eigenvalue weighted by Gasteiger charge is -2.44. The highest BCUT2D eigenvalue weighted by Gasteiger charge is 2.51. The second-order valence-electron chi connectivity index (χ2n) is 5.25. The number of rotatable bonds is 1. The van der Waals surface area contributed by atoms with E-state index in [1.165, 1.54) is 5.01 Å². The molecule has 0 radical (unpaired) electrons. The second kappa shape index (κ2) is 3.31. The molecule has 2 atom stereocenters. The van der Waals surface area contributed by atoms with Crippen LogP contribution >= 0.6 is 0 Å². The Morgan fingerprint density at radius 3 is 2.81 bits per heavy atom. The second-order valence-corrected chi connectivity index (χ2v) is 5.25. The zero-order chi connectivity index (χ0) is 11.3. The Hall–Kier alpha value is -0.870. The molecule has 0 aromatic carbocycles. The summed E-state index contributed by atoms with van der Waals surface area (Å²) >= 11 is 0. The molecule has 16 heavy (non-hydrogen) atoms. The molecule has 90 valence electrons. The average molecular weight is 229 g/mol. The van der Waals surface area contributed by atoms with Gasteiger partial charge in [-0.1, -0.05) is 0 Å². The van der Waals surface area contributed by atoms with Gasteiger partial charge in [0.1, 0.15) is 11.9 Å². The van der Waals surface area contributed by atoms with Crippen LogP contribution < -0.4 is 5.73 Å². The summed E-state index contributed by atoms with van der Waals surface area (Å²) in [6, 6.07) is -0.709. The molecule has 2 aliphatic heterocycles. The predicted molar refractivity (Wildman–Crippen MR) is 57.1 cm³/mol. The van der Waals surface area contributed by atoms with E-state index in [1.807, 2.05) is 0 Å². The number of nitrogens with zero attached hydrogens (tertiary/aromatic N) is 2. The molecular formula is C11H17F2N3. The van der Waals surface area contributed by atoms with E-state index in [1.54, 1.807) is 0 Å². The van der Waals surface area contributed by atoms with Crippen LogP contribution in [0.25, 0.3) is 0 Å². The number of piperidine rings is 1. The largest absolute Gasteiger partial charge is 0.385 e. The number of amidine groups is 1. The van der Waals surface area contributed by atoms with Crippen LogP contribution in [0.15, 0.2) is 5.10 Å². The molecule has 0 aromatic heterocycles. The van der Waals surface area contributed by atoms with Gasteiger partial charge in [-0.25, -0.2) is 8.78 Å². The van der Waals surface area contributed by atoms with E-state index in [4.69, 9.17) is 5.73 Å². The molecule has 0 aromatic rings. The highest BCUT2D eigenvalue weighted by molar-refractivity contribution is 5.83. The zero-order valence-corrected chi connectivity index (χ0v) is 9.20. The van der Waals surface area contributed by atoms with Gasteiger partial charge in [-0.15, -0.1) is 0 Å². The Labute approximate surface area is 93.7 Å². The SMILES string of the molecule is NC1=NN2CCCC(F)(F)C2CC1C1CC1. The number of nitrogens with two attached hydrogens (primary N) is 1. The quantitative estimate of drug-likeness (QED) is 0.744. The fourth-order valence-corrected chi connectivity index (χ4v) is 2.95. The molecule has 0 bridgehead atoms. The fourth-order valence-electron chi connectivity index (χ4n) is 2.95. The zero-order valence-electron chi connectivity index (χ0n) is 9.20. The lowest BCUT2D eigenvalue weighted by Crippen LogP contribution is -2.55. The first kappa shape index (κ1) is 10.3. The van der Waals surface area contributed by atoms with Gasteiger partial charge in [0.05, 0.1) is 0 Å². The van der Waals surface area contributed by atoms with Crippen molar-refractivity contribution in [2.24, 2.45) is 22.7 Å². The first-order valence-corrected chi connectivity index (χ1v) is 6.06. The standard InChI is InChI=1S/C11H17F2N3/c12-11(13)4-1-5-16-9(11)6-8(7-2-3-7)10(14)15-16/h7-9H,1-6H2,(H2,14,15). The Morgan fingerprint density at radius 1 is 1.38 bits per heavy atom. The van der Waals surface area contributed by atoms with Crippen LogP contribution in [0.2, 0.25) is 0 Å². The summed E-state index contributed by atoms with van der Waals surface area (Å²) in [5.41, 5.74) is 5.88. The van der Waals surface area contributed by atoms with Gasteiger partial charge >= 0.3 is 0 Å². The average Bonchev–Trinajstić information content (AvgIpc) is 2.99.